The van der Waals surface area contributed by atoms with Gasteiger partial charge in [-0.1, -0.05) is 32.0 Å². The predicted octanol–water partition coefficient (Wildman–Crippen LogP) is 3.28. The Kier molecular flexibility index (Phi) is 3.14. The van der Waals surface area contributed by atoms with Gasteiger partial charge in [-0.05, 0) is 42.9 Å². The van der Waals surface area contributed by atoms with E-state index in [9.17, 15) is 0 Å². The molecule has 0 aromatic heterocycles. The fraction of sp³-hybridized carbons (Fsp3) is 0.929. The van der Waals surface area contributed by atoms with Crippen LogP contribution >= 0.6 is 11.8 Å². The summed E-state index contributed by atoms with van der Waals surface area (Å²) in [5.74, 6) is 3.00. The van der Waals surface area contributed by atoms with Gasteiger partial charge in [-0.25, -0.2) is 0 Å². The van der Waals surface area contributed by atoms with Crippen LogP contribution in [0, 0.1) is 17.3 Å². The molecular formula is C14H24N2S. The third kappa shape index (κ3) is 2.35. The smallest absolute Gasteiger partial charge is 0.156 e. The van der Waals surface area contributed by atoms with Gasteiger partial charge in [0.2, 0.25) is 0 Å². The zero-order chi connectivity index (χ0) is 11.9. The Morgan fingerprint density at radius 3 is 2.94 bits per heavy atom. The minimum Gasteiger partial charge on any atom is -0.362 e. The van der Waals surface area contributed by atoms with Crippen LogP contribution in [0.1, 0.15) is 46.0 Å². The Morgan fingerprint density at radius 2 is 2.24 bits per heavy atom. The average molecular weight is 252 g/mol. The molecule has 3 rings (SSSR count). The fourth-order valence-corrected chi connectivity index (χ4v) is 4.37. The Morgan fingerprint density at radius 1 is 1.41 bits per heavy atom. The lowest BCUT2D eigenvalue weighted by molar-refractivity contribution is 0.370. The molecule has 2 aliphatic carbocycles. The van der Waals surface area contributed by atoms with Crippen LogP contribution in [0.2, 0.25) is 0 Å². The standard InChI is InChI=1S/C14H24N2S/c1-10(2)14(6-7-14)9-15-13-16-12-5-3-4-11(12)8-17-13/h10-12H,3-9H2,1-2H3,(H,15,16). The van der Waals surface area contributed by atoms with Crippen molar-refractivity contribution in [3.05, 3.63) is 0 Å². The van der Waals surface area contributed by atoms with Crippen molar-refractivity contribution in [2.24, 2.45) is 22.2 Å². The highest BCUT2D eigenvalue weighted by atomic mass is 32.2. The maximum absolute atomic E-state index is 4.87. The molecule has 0 amide bonds. The molecule has 0 spiro atoms. The van der Waals surface area contributed by atoms with Crippen LogP contribution in [-0.2, 0) is 0 Å². The highest BCUT2D eigenvalue weighted by molar-refractivity contribution is 8.13. The first-order valence-electron chi connectivity index (χ1n) is 7.13. The molecule has 3 fully saturated rings. The number of amidine groups is 1. The summed E-state index contributed by atoms with van der Waals surface area (Å²) in [6.07, 6.45) is 6.97. The summed E-state index contributed by atoms with van der Waals surface area (Å²) in [7, 11) is 0. The van der Waals surface area contributed by atoms with Gasteiger partial charge in [0.05, 0.1) is 0 Å². The highest BCUT2D eigenvalue weighted by Gasteiger charge is 2.45. The number of thioether (sulfide) groups is 1. The van der Waals surface area contributed by atoms with Gasteiger partial charge in [-0.15, -0.1) is 0 Å². The topological polar surface area (TPSA) is 24.4 Å². The molecule has 0 aromatic rings. The Bertz CT molecular complexity index is 320. The van der Waals surface area contributed by atoms with Crippen LogP contribution in [0.15, 0.2) is 4.99 Å². The van der Waals surface area contributed by atoms with Gasteiger partial charge in [0, 0.05) is 18.3 Å². The number of fused-ring (bicyclic) bond motifs is 1. The van der Waals surface area contributed by atoms with E-state index in [1.807, 2.05) is 11.8 Å². The summed E-state index contributed by atoms with van der Waals surface area (Å²) in [6.45, 7) is 5.75. The normalized spacial score (nSPS) is 37.0. The maximum Gasteiger partial charge on any atom is 0.156 e. The van der Waals surface area contributed by atoms with Gasteiger partial charge in [0.25, 0.3) is 0 Å². The van der Waals surface area contributed by atoms with E-state index in [0.29, 0.717) is 5.41 Å². The van der Waals surface area contributed by atoms with E-state index in [2.05, 4.69) is 19.2 Å². The molecule has 3 aliphatic rings. The van der Waals surface area contributed by atoms with Gasteiger partial charge in [0.1, 0.15) is 0 Å². The fourth-order valence-electron chi connectivity index (χ4n) is 3.21. The maximum atomic E-state index is 4.87. The van der Waals surface area contributed by atoms with E-state index in [4.69, 9.17) is 4.99 Å². The van der Waals surface area contributed by atoms with Crippen molar-refractivity contribution < 1.29 is 0 Å². The quantitative estimate of drug-likeness (QED) is 0.833. The molecule has 0 bridgehead atoms. The summed E-state index contributed by atoms with van der Waals surface area (Å²) < 4.78 is 0. The summed E-state index contributed by atoms with van der Waals surface area (Å²) >= 11 is 1.96. The molecule has 0 radical (unpaired) electrons. The lowest BCUT2D eigenvalue weighted by Crippen LogP contribution is -2.41. The number of hydrogen-bond acceptors (Lipinski definition) is 2. The Labute approximate surface area is 109 Å². The first-order chi connectivity index (χ1) is 8.20. The second kappa shape index (κ2) is 4.49. The number of nitrogens with one attached hydrogen (secondary N) is 1. The zero-order valence-electron chi connectivity index (χ0n) is 11.0. The van der Waals surface area contributed by atoms with E-state index >= 15 is 0 Å². The number of aliphatic imine (C=N–C) groups is 1. The first kappa shape index (κ1) is 11.9. The highest BCUT2D eigenvalue weighted by Crippen LogP contribution is 2.52. The van der Waals surface area contributed by atoms with Crippen molar-refractivity contribution in [1.82, 2.24) is 5.32 Å². The second-order valence-corrected chi connectivity index (χ2v) is 7.40. The molecule has 0 aromatic carbocycles. The molecule has 1 aliphatic heterocycles. The Balaban J connectivity index is 1.58. The largest absolute Gasteiger partial charge is 0.362 e. The summed E-state index contributed by atoms with van der Waals surface area (Å²) in [4.78, 5) is 4.87. The van der Waals surface area contributed by atoms with Gasteiger partial charge in [0.15, 0.2) is 5.17 Å². The third-order valence-electron chi connectivity index (χ3n) is 5.06. The number of rotatable bonds is 3. The van der Waals surface area contributed by atoms with Crippen molar-refractivity contribution in [3.63, 3.8) is 0 Å². The lowest BCUT2D eigenvalue weighted by atomic mass is 9.93. The Hall–Kier alpha value is -0.180. The van der Waals surface area contributed by atoms with Gasteiger partial charge in [-0.2, -0.15) is 0 Å². The van der Waals surface area contributed by atoms with Crippen molar-refractivity contribution in [2.75, 3.05) is 12.3 Å². The van der Waals surface area contributed by atoms with Gasteiger partial charge >= 0.3 is 0 Å². The summed E-state index contributed by atoms with van der Waals surface area (Å²) in [5.41, 5.74) is 0.557. The van der Waals surface area contributed by atoms with E-state index in [-0.39, 0.29) is 0 Å². The minimum atomic E-state index is 0.557. The second-order valence-electron chi connectivity index (χ2n) is 6.39. The SMILES string of the molecule is CC(C)C1(CN=C2NC3CCCC3CS2)CC1. The van der Waals surface area contributed by atoms with Crippen molar-refractivity contribution in [2.45, 2.75) is 52.0 Å². The molecular weight excluding hydrogens is 228 g/mol. The van der Waals surface area contributed by atoms with Crippen molar-refractivity contribution in [3.8, 4) is 0 Å². The van der Waals surface area contributed by atoms with E-state index in [0.717, 1.165) is 24.4 Å². The molecule has 1 heterocycles. The molecule has 1 saturated heterocycles. The molecule has 96 valence electrons. The van der Waals surface area contributed by atoms with Crippen LogP contribution in [0.25, 0.3) is 0 Å². The summed E-state index contributed by atoms with van der Waals surface area (Å²) in [5, 5.41) is 4.90. The van der Waals surface area contributed by atoms with Crippen molar-refractivity contribution >= 4 is 16.9 Å². The van der Waals surface area contributed by atoms with Gasteiger partial charge in [-0.3, -0.25) is 4.99 Å². The zero-order valence-corrected chi connectivity index (χ0v) is 11.9. The summed E-state index contributed by atoms with van der Waals surface area (Å²) in [6, 6.07) is 0.740. The van der Waals surface area contributed by atoms with E-state index < -0.39 is 0 Å². The molecule has 2 unspecified atom stereocenters. The molecule has 2 nitrogen and oxygen atoms in total. The molecule has 2 saturated carbocycles. The van der Waals surface area contributed by atoms with E-state index in [1.54, 1.807) is 0 Å². The lowest BCUT2D eigenvalue weighted by Gasteiger charge is -2.28. The first-order valence-corrected chi connectivity index (χ1v) is 8.12. The molecule has 1 N–H and O–H groups in total. The molecule has 3 heteroatoms. The van der Waals surface area contributed by atoms with Crippen LogP contribution in [0.5, 0.6) is 0 Å². The third-order valence-corrected chi connectivity index (χ3v) is 6.17. The van der Waals surface area contributed by atoms with Crippen LogP contribution in [0.3, 0.4) is 0 Å². The molecule has 17 heavy (non-hydrogen) atoms. The van der Waals surface area contributed by atoms with Crippen LogP contribution in [-0.4, -0.2) is 23.5 Å². The van der Waals surface area contributed by atoms with E-state index in [1.165, 1.54) is 43.0 Å². The number of hydrogen-bond donors (Lipinski definition) is 1. The predicted molar refractivity (Wildman–Crippen MR) is 75.5 cm³/mol. The number of nitrogens with zero attached hydrogens (tertiary/aromatic N) is 1. The monoisotopic (exact) mass is 252 g/mol. The van der Waals surface area contributed by atoms with Gasteiger partial charge < -0.3 is 5.32 Å². The van der Waals surface area contributed by atoms with Crippen LogP contribution in [0.4, 0.5) is 0 Å². The van der Waals surface area contributed by atoms with Crippen molar-refractivity contribution in [1.29, 1.82) is 0 Å². The van der Waals surface area contributed by atoms with Crippen LogP contribution < -0.4 is 5.32 Å². The average Bonchev–Trinajstić information content (AvgIpc) is 2.98. The molecule has 2 atom stereocenters. The minimum absolute atomic E-state index is 0.557.